The first-order chi connectivity index (χ1) is 21.3. The Labute approximate surface area is 262 Å². The van der Waals surface area contributed by atoms with E-state index in [1.54, 1.807) is 23.1 Å². The first kappa shape index (κ1) is 30.7. The van der Waals surface area contributed by atoms with Crippen LogP contribution >= 0.6 is 11.3 Å². The predicted molar refractivity (Wildman–Crippen MR) is 170 cm³/mol. The molecule has 3 aliphatic rings. The van der Waals surface area contributed by atoms with Gasteiger partial charge >= 0.3 is 5.97 Å². The van der Waals surface area contributed by atoms with Gasteiger partial charge in [-0.25, -0.2) is 18.2 Å². The molecule has 1 saturated carbocycles. The van der Waals surface area contributed by atoms with E-state index in [-0.39, 0.29) is 41.3 Å². The third kappa shape index (κ3) is 6.13. The van der Waals surface area contributed by atoms with E-state index in [4.69, 9.17) is 0 Å². The predicted octanol–water partition coefficient (Wildman–Crippen LogP) is 4.70. The molecule has 2 saturated heterocycles. The van der Waals surface area contributed by atoms with Crippen molar-refractivity contribution in [2.45, 2.75) is 55.9 Å². The van der Waals surface area contributed by atoms with Gasteiger partial charge in [0.15, 0.2) is 0 Å². The molecule has 2 N–H and O–H groups in total. The van der Waals surface area contributed by atoms with Crippen LogP contribution in [0.5, 0.6) is 0 Å². The fourth-order valence-electron chi connectivity index (χ4n) is 6.88. The summed E-state index contributed by atoms with van der Waals surface area (Å²) in [4.78, 5) is 35.4. The second kappa shape index (κ2) is 13.0. The minimum atomic E-state index is -4.05. The Bertz CT molecular complexity index is 1590. The minimum Gasteiger partial charge on any atom is -0.477 e. The Morgan fingerprint density at radius 3 is 2.45 bits per heavy atom. The smallest absolute Gasteiger partial charge is 0.348 e. The highest BCUT2D eigenvalue weighted by Gasteiger charge is 2.44. The highest BCUT2D eigenvalue weighted by atomic mass is 32.2. The van der Waals surface area contributed by atoms with Crippen LogP contribution in [0.15, 0.2) is 59.6 Å². The molecule has 10 nitrogen and oxygen atoms in total. The number of carboxylic acids is 1. The Morgan fingerprint density at radius 1 is 1.00 bits per heavy atom. The number of aromatic carboxylic acids is 1. The molecule has 0 radical (unpaired) electrons. The van der Waals surface area contributed by atoms with Gasteiger partial charge in [-0.15, -0.1) is 11.3 Å². The number of amides is 1. The van der Waals surface area contributed by atoms with Crippen molar-refractivity contribution in [3.05, 3.63) is 59.6 Å². The number of pyridine rings is 1. The molecule has 2 aromatic heterocycles. The molecule has 0 spiro atoms. The number of sulfonamides is 1. The van der Waals surface area contributed by atoms with E-state index < -0.39 is 27.9 Å². The van der Waals surface area contributed by atoms with Crippen molar-refractivity contribution in [1.82, 2.24) is 9.29 Å². The first-order valence-electron chi connectivity index (χ1n) is 15.3. The molecular formula is C32H38N4O6S2. The van der Waals surface area contributed by atoms with E-state index in [0.29, 0.717) is 18.1 Å². The molecule has 1 aliphatic carbocycles. The number of hydrogen-bond acceptors (Lipinski definition) is 8. The van der Waals surface area contributed by atoms with Gasteiger partial charge in [-0.05, 0) is 61.3 Å². The standard InChI is InChI=1S/C32H38N4O6S2/c37-21-22-8-7-15-34(18-22)29-14-13-25(17-33-29)44(41,42)35-19-27(23-9-3-1-4-10-23)36(30(38)20-35)26-16-28(43-31(26)32(39)40)24-11-5-2-6-12-24/h2,5-6,11-14,16-17,22-23,27,37H,1,3-4,7-10,15,18-21H2,(H,39,40)/t22-,27-/m0/s1. The summed E-state index contributed by atoms with van der Waals surface area (Å²) in [7, 11) is -4.05. The van der Waals surface area contributed by atoms with E-state index in [0.717, 1.165) is 73.3 Å². The fourth-order valence-corrected chi connectivity index (χ4v) is 9.23. The minimum absolute atomic E-state index is 0.0220. The van der Waals surface area contributed by atoms with Crippen LogP contribution in [0.1, 0.15) is 54.6 Å². The summed E-state index contributed by atoms with van der Waals surface area (Å²) in [5.41, 5.74) is 1.20. The molecule has 234 valence electrons. The number of piperazine rings is 1. The summed E-state index contributed by atoms with van der Waals surface area (Å²) in [6.07, 6.45) is 8.00. The number of carboxylic acid groups (broad SMARTS) is 1. The lowest BCUT2D eigenvalue weighted by Crippen LogP contribution is -2.60. The summed E-state index contributed by atoms with van der Waals surface area (Å²) >= 11 is 1.13. The number of anilines is 2. The van der Waals surface area contributed by atoms with Crippen LogP contribution in [0.25, 0.3) is 10.4 Å². The summed E-state index contributed by atoms with van der Waals surface area (Å²) in [6, 6.07) is 14.0. The summed E-state index contributed by atoms with van der Waals surface area (Å²) in [5, 5.41) is 19.7. The van der Waals surface area contributed by atoms with Crippen LogP contribution in [0.2, 0.25) is 0 Å². The molecule has 0 unspecified atom stereocenters. The number of carbonyl (C=O) groups excluding carboxylic acids is 1. The topological polar surface area (TPSA) is 131 Å². The zero-order valence-corrected chi connectivity index (χ0v) is 26.2. The zero-order chi connectivity index (χ0) is 30.8. The van der Waals surface area contributed by atoms with Crippen molar-refractivity contribution < 1.29 is 28.2 Å². The SMILES string of the molecule is O=C(O)c1sc(-c2ccccc2)cc1N1C(=O)CN(S(=O)(=O)c2ccc(N3CCC[C@H](CO)C3)nc2)C[C@H]1C1CCCCC1. The number of hydrogen-bond donors (Lipinski definition) is 2. The van der Waals surface area contributed by atoms with Gasteiger partial charge in [0.2, 0.25) is 15.9 Å². The second-order valence-electron chi connectivity index (χ2n) is 12.0. The number of thiophene rings is 1. The molecule has 3 fully saturated rings. The highest BCUT2D eigenvalue weighted by Crippen LogP contribution is 2.42. The molecular weight excluding hydrogens is 601 g/mol. The van der Waals surface area contributed by atoms with Gasteiger partial charge in [0, 0.05) is 37.3 Å². The number of nitrogens with zero attached hydrogens (tertiary/aromatic N) is 4. The molecule has 12 heteroatoms. The van der Waals surface area contributed by atoms with Gasteiger partial charge in [-0.1, -0.05) is 49.6 Å². The van der Waals surface area contributed by atoms with Gasteiger partial charge < -0.3 is 20.0 Å². The van der Waals surface area contributed by atoms with E-state index in [9.17, 15) is 28.2 Å². The Balaban J connectivity index is 1.30. The normalized spacial score (nSPS) is 22.3. The van der Waals surface area contributed by atoms with Crippen LogP contribution in [-0.2, 0) is 14.8 Å². The van der Waals surface area contributed by atoms with Gasteiger partial charge in [-0.3, -0.25) is 4.79 Å². The zero-order valence-electron chi connectivity index (χ0n) is 24.5. The third-order valence-corrected chi connectivity index (χ3v) is 12.1. The molecule has 4 heterocycles. The Morgan fingerprint density at radius 2 is 1.77 bits per heavy atom. The number of aliphatic hydroxyl groups is 1. The average Bonchev–Trinajstić information content (AvgIpc) is 3.51. The second-order valence-corrected chi connectivity index (χ2v) is 15.0. The van der Waals surface area contributed by atoms with Crippen molar-refractivity contribution in [3.63, 3.8) is 0 Å². The monoisotopic (exact) mass is 638 g/mol. The maximum Gasteiger partial charge on any atom is 0.348 e. The fraction of sp³-hybridized carbons (Fsp3) is 0.469. The number of rotatable bonds is 8. The van der Waals surface area contributed by atoms with Gasteiger partial charge in [-0.2, -0.15) is 4.31 Å². The molecule has 44 heavy (non-hydrogen) atoms. The van der Waals surface area contributed by atoms with Gasteiger partial charge in [0.05, 0.1) is 18.3 Å². The highest BCUT2D eigenvalue weighted by molar-refractivity contribution is 7.89. The summed E-state index contributed by atoms with van der Waals surface area (Å²) in [5.74, 6) is -0.657. The molecule has 1 amide bonds. The van der Waals surface area contributed by atoms with E-state index >= 15 is 0 Å². The van der Waals surface area contributed by atoms with Crippen LogP contribution < -0.4 is 9.80 Å². The summed E-state index contributed by atoms with van der Waals surface area (Å²) < 4.78 is 29.1. The number of piperidine rings is 1. The lowest BCUT2D eigenvalue weighted by Gasteiger charge is -2.44. The van der Waals surface area contributed by atoms with E-state index in [2.05, 4.69) is 9.88 Å². The van der Waals surface area contributed by atoms with Gasteiger partial charge in [0.25, 0.3) is 0 Å². The van der Waals surface area contributed by atoms with E-state index in [1.165, 1.54) is 10.5 Å². The van der Waals surface area contributed by atoms with Crippen LogP contribution in [0, 0.1) is 11.8 Å². The van der Waals surface area contributed by atoms with Crippen LogP contribution in [0.4, 0.5) is 11.5 Å². The van der Waals surface area contributed by atoms with Crippen molar-refractivity contribution in [2.24, 2.45) is 11.8 Å². The maximum absolute atomic E-state index is 14.0. The van der Waals surface area contributed by atoms with Crippen molar-refractivity contribution in [2.75, 3.05) is 42.6 Å². The number of aliphatic hydroxyl groups excluding tert-OH is 1. The van der Waals surface area contributed by atoms with Crippen molar-refractivity contribution in [1.29, 1.82) is 0 Å². The quantitative estimate of drug-likeness (QED) is 0.363. The molecule has 0 bridgehead atoms. The molecule has 2 aliphatic heterocycles. The van der Waals surface area contributed by atoms with Crippen LogP contribution in [-0.4, -0.2) is 78.6 Å². The van der Waals surface area contributed by atoms with Crippen molar-refractivity contribution in [3.8, 4) is 10.4 Å². The molecule has 2 atom stereocenters. The number of aromatic nitrogens is 1. The lowest BCUT2D eigenvalue weighted by atomic mass is 9.82. The molecule has 3 aromatic rings. The molecule has 6 rings (SSSR count). The van der Waals surface area contributed by atoms with Crippen molar-refractivity contribution >= 4 is 44.7 Å². The largest absolute Gasteiger partial charge is 0.477 e. The number of carbonyl (C=O) groups is 2. The first-order valence-corrected chi connectivity index (χ1v) is 17.6. The Kier molecular flexibility index (Phi) is 9.04. The number of benzene rings is 1. The van der Waals surface area contributed by atoms with E-state index in [1.807, 2.05) is 30.3 Å². The third-order valence-electron chi connectivity index (χ3n) is 9.18. The average molecular weight is 639 g/mol. The maximum atomic E-state index is 14.0. The summed E-state index contributed by atoms with van der Waals surface area (Å²) in [6.45, 7) is 1.27. The lowest BCUT2D eigenvalue weighted by molar-refractivity contribution is -0.121. The van der Waals surface area contributed by atoms with Crippen LogP contribution in [0.3, 0.4) is 0 Å². The van der Waals surface area contributed by atoms with Gasteiger partial charge in [0.1, 0.15) is 15.6 Å². The Hall–Kier alpha value is -3.32. The molecule has 1 aromatic carbocycles.